The van der Waals surface area contributed by atoms with Crippen molar-refractivity contribution < 1.29 is 33.6 Å². The third-order valence-electron chi connectivity index (χ3n) is 6.61. The normalized spacial score (nSPS) is 17.7. The number of nitrogens with zero attached hydrogens (tertiary/aromatic N) is 1. The highest BCUT2D eigenvalue weighted by Gasteiger charge is 2.47. The molecule has 0 aliphatic carbocycles. The molecule has 1 N–H and O–H groups in total. The molecule has 1 amide bonds. The fraction of sp³-hybridized carbons (Fsp3) is 0.290. The molecular weight excluding hydrogens is 498 g/mol. The minimum Gasteiger partial charge on any atom is -0.507 e. The average Bonchev–Trinajstić information content (AvgIpc) is 3.50. The van der Waals surface area contributed by atoms with Crippen LogP contribution < -0.4 is 23.8 Å². The number of anilines is 1. The Labute approximate surface area is 227 Å². The highest BCUT2D eigenvalue weighted by atomic mass is 16.7. The van der Waals surface area contributed by atoms with Crippen LogP contribution in [-0.4, -0.2) is 36.8 Å². The topological polar surface area (TPSA) is 94.5 Å². The molecule has 0 aromatic heterocycles. The highest BCUT2D eigenvalue weighted by Crippen LogP contribution is 2.45. The van der Waals surface area contributed by atoms with Crippen molar-refractivity contribution in [3.05, 3.63) is 82.9 Å². The number of aliphatic hydroxyl groups is 1. The molecule has 2 aliphatic heterocycles. The van der Waals surface area contributed by atoms with Gasteiger partial charge in [-0.1, -0.05) is 26.0 Å². The van der Waals surface area contributed by atoms with E-state index in [0.29, 0.717) is 58.9 Å². The number of carbonyl (C=O) groups excluding carboxylic acids is 2. The molecule has 0 spiro atoms. The van der Waals surface area contributed by atoms with E-state index < -0.39 is 17.7 Å². The Morgan fingerprint density at radius 2 is 1.74 bits per heavy atom. The van der Waals surface area contributed by atoms with E-state index in [0.717, 1.165) is 5.56 Å². The lowest BCUT2D eigenvalue weighted by atomic mass is 9.94. The van der Waals surface area contributed by atoms with Crippen molar-refractivity contribution in [3.8, 4) is 23.0 Å². The van der Waals surface area contributed by atoms with E-state index >= 15 is 0 Å². The van der Waals surface area contributed by atoms with E-state index in [1.807, 2.05) is 13.8 Å². The third-order valence-corrected chi connectivity index (χ3v) is 6.61. The molecule has 1 unspecified atom stereocenters. The van der Waals surface area contributed by atoms with E-state index in [2.05, 4.69) is 13.8 Å². The second-order valence-electron chi connectivity index (χ2n) is 9.89. The first-order valence-electron chi connectivity index (χ1n) is 13.0. The van der Waals surface area contributed by atoms with Crippen LogP contribution in [0.5, 0.6) is 23.0 Å². The Morgan fingerprint density at radius 1 is 1.00 bits per heavy atom. The zero-order valence-electron chi connectivity index (χ0n) is 22.4. The number of ether oxygens (including phenoxy) is 4. The van der Waals surface area contributed by atoms with Gasteiger partial charge >= 0.3 is 0 Å². The van der Waals surface area contributed by atoms with Crippen LogP contribution in [0.2, 0.25) is 0 Å². The lowest BCUT2D eigenvalue weighted by Crippen LogP contribution is -2.29. The first kappa shape index (κ1) is 26.2. The first-order chi connectivity index (χ1) is 18.8. The van der Waals surface area contributed by atoms with Gasteiger partial charge in [-0.2, -0.15) is 0 Å². The molecule has 1 saturated heterocycles. The van der Waals surface area contributed by atoms with Gasteiger partial charge in [-0.25, -0.2) is 0 Å². The molecule has 39 heavy (non-hydrogen) atoms. The van der Waals surface area contributed by atoms with Crippen LogP contribution in [0.3, 0.4) is 0 Å². The van der Waals surface area contributed by atoms with E-state index in [4.69, 9.17) is 18.9 Å². The maximum atomic E-state index is 13.5. The molecule has 5 rings (SSSR count). The van der Waals surface area contributed by atoms with Gasteiger partial charge in [-0.15, -0.1) is 0 Å². The van der Waals surface area contributed by atoms with Crippen LogP contribution in [0.25, 0.3) is 5.76 Å². The number of hydrogen-bond donors (Lipinski definition) is 1. The largest absolute Gasteiger partial charge is 0.507 e. The average molecular weight is 530 g/mol. The molecule has 2 heterocycles. The van der Waals surface area contributed by atoms with Crippen LogP contribution in [0.15, 0.2) is 66.2 Å². The maximum Gasteiger partial charge on any atom is 0.300 e. The van der Waals surface area contributed by atoms with Gasteiger partial charge in [0.05, 0.1) is 24.8 Å². The van der Waals surface area contributed by atoms with Gasteiger partial charge in [0.1, 0.15) is 17.3 Å². The summed E-state index contributed by atoms with van der Waals surface area (Å²) >= 11 is 0. The molecule has 8 heteroatoms. The number of aliphatic hydroxyl groups excluding tert-OH is 1. The summed E-state index contributed by atoms with van der Waals surface area (Å²) in [4.78, 5) is 28.4. The Kier molecular flexibility index (Phi) is 7.19. The van der Waals surface area contributed by atoms with E-state index in [-0.39, 0.29) is 18.1 Å². The van der Waals surface area contributed by atoms with Crippen LogP contribution in [0, 0.1) is 12.8 Å². The Hall–Kier alpha value is -4.46. The van der Waals surface area contributed by atoms with Gasteiger partial charge in [0.2, 0.25) is 6.79 Å². The molecule has 1 fully saturated rings. The number of aryl methyl sites for hydroxylation is 1. The van der Waals surface area contributed by atoms with Crippen molar-refractivity contribution >= 4 is 23.1 Å². The second-order valence-corrected chi connectivity index (χ2v) is 9.89. The summed E-state index contributed by atoms with van der Waals surface area (Å²) in [6, 6.07) is 16.6. The van der Waals surface area contributed by atoms with Crippen LogP contribution in [0.1, 0.15) is 43.5 Å². The van der Waals surface area contributed by atoms with Gasteiger partial charge in [-0.3, -0.25) is 14.5 Å². The standard InChI is InChI=1S/C31H31NO7/c1-5-36-23-10-6-20(7-11-23)28-27(29(33)21-8-12-24(19(4)14-21)37-16-18(2)3)30(34)31(35)32(28)22-9-13-25-26(15-22)39-17-38-25/h6-15,18,28,33H,5,16-17H2,1-4H3/b29-27+. The summed E-state index contributed by atoms with van der Waals surface area (Å²) in [5, 5.41) is 11.5. The quantitative estimate of drug-likeness (QED) is 0.224. The summed E-state index contributed by atoms with van der Waals surface area (Å²) in [6.07, 6.45) is 0. The molecule has 3 aromatic rings. The number of ketones is 1. The fourth-order valence-corrected chi connectivity index (χ4v) is 4.73. The summed E-state index contributed by atoms with van der Waals surface area (Å²) in [6.45, 7) is 9.04. The van der Waals surface area contributed by atoms with Crippen molar-refractivity contribution in [3.63, 3.8) is 0 Å². The molecule has 202 valence electrons. The molecular formula is C31H31NO7. The minimum atomic E-state index is -0.877. The van der Waals surface area contributed by atoms with Crippen molar-refractivity contribution in [1.82, 2.24) is 0 Å². The SMILES string of the molecule is CCOc1ccc(C2/C(=C(\O)c3ccc(OCC(C)C)c(C)c3)C(=O)C(=O)N2c2ccc3c(c2)OCO3)cc1. The molecule has 1 atom stereocenters. The Balaban J connectivity index is 1.61. The molecule has 0 bridgehead atoms. The van der Waals surface area contributed by atoms with Gasteiger partial charge in [0.25, 0.3) is 11.7 Å². The maximum absolute atomic E-state index is 13.5. The number of Topliss-reactive ketones (excluding diaryl/α,β-unsaturated/α-hetero) is 1. The van der Waals surface area contributed by atoms with Crippen LogP contribution in [-0.2, 0) is 9.59 Å². The number of amides is 1. The molecule has 0 radical (unpaired) electrons. The predicted molar refractivity (Wildman–Crippen MR) is 146 cm³/mol. The summed E-state index contributed by atoms with van der Waals surface area (Å²) in [7, 11) is 0. The highest BCUT2D eigenvalue weighted by molar-refractivity contribution is 6.51. The molecule has 3 aromatic carbocycles. The number of carbonyl (C=O) groups is 2. The summed E-state index contributed by atoms with van der Waals surface area (Å²) in [5.74, 6) is 0.978. The summed E-state index contributed by atoms with van der Waals surface area (Å²) in [5.41, 5.74) is 2.32. The number of hydrogen-bond acceptors (Lipinski definition) is 7. The first-order valence-corrected chi connectivity index (χ1v) is 13.0. The van der Waals surface area contributed by atoms with Gasteiger partial charge in [0.15, 0.2) is 11.5 Å². The lowest BCUT2D eigenvalue weighted by Gasteiger charge is -2.26. The van der Waals surface area contributed by atoms with Crippen molar-refractivity contribution in [2.45, 2.75) is 33.7 Å². The van der Waals surface area contributed by atoms with Crippen molar-refractivity contribution in [2.24, 2.45) is 5.92 Å². The second kappa shape index (κ2) is 10.7. The lowest BCUT2D eigenvalue weighted by molar-refractivity contribution is -0.132. The fourth-order valence-electron chi connectivity index (χ4n) is 4.73. The Bertz CT molecular complexity index is 1440. The number of rotatable bonds is 8. The zero-order chi connectivity index (χ0) is 27.7. The molecule has 0 saturated carbocycles. The van der Waals surface area contributed by atoms with E-state index in [1.54, 1.807) is 60.7 Å². The Morgan fingerprint density at radius 3 is 2.44 bits per heavy atom. The van der Waals surface area contributed by atoms with E-state index in [9.17, 15) is 14.7 Å². The number of benzene rings is 3. The minimum absolute atomic E-state index is 0.00271. The molecule has 2 aliphatic rings. The van der Waals surface area contributed by atoms with Crippen LogP contribution >= 0.6 is 0 Å². The van der Waals surface area contributed by atoms with Crippen molar-refractivity contribution in [1.29, 1.82) is 0 Å². The van der Waals surface area contributed by atoms with Gasteiger partial charge in [-0.05, 0) is 73.4 Å². The number of fused-ring (bicyclic) bond motifs is 1. The summed E-state index contributed by atoms with van der Waals surface area (Å²) < 4.78 is 22.4. The molecule has 8 nitrogen and oxygen atoms in total. The van der Waals surface area contributed by atoms with Crippen LogP contribution in [0.4, 0.5) is 5.69 Å². The monoisotopic (exact) mass is 529 g/mol. The third kappa shape index (κ3) is 5.02. The predicted octanol–water partition coefficient (Wildman–Crippen LogP) is 5.78. The zero-order valence-corrected chi connectivity index (χ0v) is 22.4. The van der Waals surface area contributed by atoms with Gasteiger partial charge in [0, 0.05) is 17.3 Å². The smallest absolute Gasteiger partial charge is 0.300 e. The van der Waals surface area contributed by atoms with Gasteiger partial charge < -0.3 is 24.1 Å². The van der Waals surface area contributed by atoms with E-state index in [1.165, 1.54) is 4.90 Å². The van der Waals surface area contributed by atoms with Crippen molar-refractivity contribution in [2.75, 3.05) is 24.9 Å².